The molecule has 0 aromatic heterocycles. The number of fused-ring (bicyclic) bond motifs is 2. The van der Waals surface area contributed by atoms with E-state index in [1.165, 1.54) is 99.4 Å². The summed E-state index contributed by atoms with van der Waals surface area (Å²) in [6, 6.07) is 58.8. The molecular weight excluding hydrogens is 577 g/mol. The van der Waals surface area contributed by atoms with Crippen molar-refractivity contribution in [3.8, 4) is 55.6 Å². The zero-order valence-corrected chi connectivity index (χ0v) is 28.0. The van der Waals surface area contributed by atoms with Gasteiger partial charge in [0.25, 0.3) is 0 Å². The van der Waals surface area contributed by atoms with Crippen molar-refractivity contribution >= 4 is 21.5 Å². The van der Waals surface area contributed by atoms with Crippen molar-refractivity contribution in [2.45, 2.75) is 27.7 Å². The third kappa shape index (κ3) is 5.50. The molecular formula is C48H38. The lowest BCUT2D eigenvalue weighted by Gasteiger charge is -2.18. The molecule has 0 spiro atoms. The van der Waals surface area contributed by atoms with Gasteiger partial charge in [-0.1, -0.05) is 156 Å². The second-order valence-electron chi connectivity index (χ2n) is 13.3. The molecule has 0 radical (unpaired) electrons. The van der Waals surface area contributed by atoms with Gasteiger partial charge in [0.1, 0.15) is 0 Å². The van der Waals surface area contributed by atoms with Crippen molar-refractivity contribution in [3.63, 3.8) is 0 Å². The van der Waals surface area contributed by atoms with Crippen LogP contribution in [0.5, 0.6) is 0 Å². The molecule has 0 aliphatic rings. The Hall–Kier alpha value is -5.72. The van der Waals surface area contributed by atoms with E-state index in [0.717, 1.165) is 0 Å². The molecule has 8 rings (SSSR count). The summed E-state index contributed by atoms with van der Waals surface area (Å²) >= 11 is 0. The van der Waals surface area contributed by atoms with Crippen molar-refractivity contribution in [1.82, 2.24) is 0 Å². The second kappa shape index (κ2) is 12.1. The molecule has 0 saturated carbocycles. The largest absolute Gasteiger partial charge is 0.0614 e. The van der Waals surface area contributed by atoms with Crippen LogP contribution in [-0.2, 0) is 0 Å². The minimum Gasteiger partial charge on any atom is -0.0614 e. The smallest absolute Gasteiger partial charge is 0.00930 e. The van der Waals surface area contributed by atoms with Gasteiger partial charge in [-0.2, -0.15) is 0 Å². The topological polar surface area (TPSA) is 0 Å². The molecule has 0 N–H and O–H groups in total. The molecule has 0 heteroatoms. The minimum absolute atomic E-state index is 1.22. The van der Waals surface area contributed by atoms with Crippen LogP contribution in [0, 0.1) is 27.7 Å². The Bertz CT molecular complexity index is 2320. The van der Waals surface area contributed by atoms with E-state index >= 15 is 0 Å². The van der Waals surface area contributed by atoms with E-state index in [2.05, 4.69) is 185 Å². The Morgan fingerprint density at radius 1 is 0.229 bits per heavy atom. The summed E-state index contributed by atoms with van der Waals surface area (Å²) in [4.78, 5) is 0. The quantitative estimate of drug-likeness (QED) is 0.181. The van der Waals surface area contributed by atoms with Crippen LogP contribution in [0.15, 0.2) is 158 Å². The lowest BCUT2D eigenvalue weighted by Crippen LogP contribution is -1.92. The number of hydrogen-bond donors (Lipinski definition) is 0. The third-order valence-electron chi connectivity index (χ3n) is 9.64. The molecule has 230 valence electrons. The molecule has 0 nitrogen and oxygen atoms in total. The van der Waals surface area contributed by atoms with E-state index in [1.54, 1.807) is 0 Å². The highest BCUT2D eigenvalue weighted by Gasteiger charge is 2.16. The first kappa shape index (κ1) is 29.7. The van der Waals surface area contributed by atoms with Gasteiger partial charge in [-0.3, -0.25) is 0 Å². The fraction of sp³-hybridized carbons (Fsp3) is 0.0833. The summed E-state index contributed by atoms with van der Waals surface area (Å²) in [5, 5.41) is 5.06. The lowest BCUT2D eigenvalue weighted by atomic mass is 9.86. The summed E-state index contributed by atoms with van der Waals surface area (Å²) < 4.78 is 0. The van der Waals surface area contributed by atoms with Crippen LogP contribution in [0.25, 0.3) is 77.2 Å². The SMILES string of the molecule is Cc1cccc(-c2cc(-c3cc(-c4cccc(C)c4)c4cccc(-c5cccc(C)c5)c4c3)cc3c(-c4cccc(C)c4)cccc23)c1. The maximum atomic E-state index is 2.42. The Labute approximate surface area is 284 Å². The predicted molar refractivity (Wildman–Crippen MR) is 208 cm³/mol. The van der Waals surface area contributed by atoms with Gasteiger partial charge >= 0.3 is 0 Å². The first-order valence-corrected chi connectivity index (χ1v) is 16.8. The lowest BCUT2D eigenvalue weighted by molar-refractivity contribution is 1.46. The zero-order valence-electron chi connectivity index (χ0n) is 28.0. The molecule has 0 atom stereocenters. The summed E-state index contributed by atoms with van der Waals surface area (Å²) in [6.45, 7) is 8.70. The van der Waals surface area contributed by atoms with Crippen molar-refractivity contribution < 1.29 is 0 Å². The van der Waals surface area contributed by atoms with E-state index in [0.29, 0.717) is 0 Å². The molecule has 0 unspecified atom stereocenters. The van der Waals surface area contributed by atoms with Crippen LogP contribution in [0.4, 0.5) is 0 Å². The molecule has 8 aromatic rings. The summed E-state index contributed by atoms with van der Waals surface area (Å²) in [5.41, 5.74) is 17.5. The Morgan fingerprint density at radius 2 is 0.542 bits per heavy atom. The molecule has 0 aliphatic heterocycles. The molecule has 0 amide bonds. The van der Waals surface area contributed by atoms with Crippen molar-refractivity contribution in [2.75, 3.05) is 0 Å². The molecule has 48 heavy (non-hydrogen) atoms. The fourth-order valence-corrected chi connectivity index (χ4v) is 7.34. The number of hydrogen-bond acceptors (Lipinski definition) is 0. The maximum Gasteiger partial charge on any atom is -0.00930 e. The van der Waals surface area contributed by atoms with Gasteiger partial charge in [-0.25, -0.2) is 0 Å². The highest BCUT2D eigenvalue weighted by atomic mass is 14.2. The molecule has 8 aromatic carbocycles. The average molecular weight is 615 g/mol. The van der Waals surface area contributed by atoms with Crippen LogP contribution < -0.4 is 0 Å². The van der Waals surface area contributed by atoms with Gasteiger partial charge in [0.15, 0.2) is 0 Å². The zero-order chi connectivity index (χ0) is 32.8. The predicted octanol–water partition coefficient (Wildman–Crippen LogP) is 13.6. The maximum absolute atomic E-state index is 2.42. The second-order valence-corrected chi connectivity index (χ2v) is 13.3. The van der Waals surface area contributed by atoms with Gasteiger partial charge in [0, 0.05) is 0 Å². The Morgan fingerprint density at radius 3 is 0.875 bits per heavy atom. The number of aryl methyl sites for hydroxylation is 4. The standard InChI is InChI=1S/C48H38/c1-31-11-5-15-35(23-31)41-19-9-21-43-45(37-17-7-13-33(3)25-37)27-39(29-47(41)43)40-28-46(38-18-8-14-34(4)26-38)44-22-10-20-42(48(44)30-40)36-16-6-12-32(2)24-36/h5-30H,1-4H3. The minimum atomic E-state index is 1.22. The summed E-state index contributed by atoms with van der Waals surface area (Å²) in [7, 11) is 0. The molecule has 0 aliphatic carbocycles. The van der Waals surface area contributed by atoms with Crippen molar-refractivity contribution in [1.29, 1.82) is 0 Å². The monoisotopic (exact) mass is 614 g/mol. The summed E-state index contributed by atoms with van der Waals surface area (Å²) in [5.74, 6) is 0. The third-order valence-corrected chi connectivity index (χ3v) is 9.64. The van der Waals surface area contributed by atoms with E-state index in [4.69, 9.17) is 0 Å². The van der Waals surface area contributed by atoms with Crippen molar-refractivity contribution in [2.24, 2.45) is 0 Å². The average Bonchev–Trinajstić information content (AvgIpc) is 3.10. The van der Waals surface area contributed by atoms with Crippen LogP contribution in [-0.4, -0.2) is 0 Å². The van der Waals surface area contributed by atoms with Gasteiger partial charge in [-0.05, 0) is 129 Å². The van der Waals surface area contributed by atoms with Crippen molar-refractivity contribution in [3.05, 3.63) is 180 Å². The first-order valence-electron chi connectivity index (χ1n) is 16.8. The van der Waals surface area contributed by atoms with Gasteiger partial charge in [0.2, 0.25) is 0 Å². The fourth-order valence-electron chi connectivity index (χ4n) is 7.34. The van der Waals surface area contributed by atoms with Gasteiger partial charge in [-0.15, -0.1) is 0 Å². The van der Waals surface area contributed by atoms with Crippen LogP contribution >= 0.6 is 0 Å². The normalized spacial score (nSPS) is 11.3. The highest BCUT2D eigenvalue weighted by molar-refractivity contribution is 6.10. The van der Waals surface area contributed by atoms with Crippen LogP contribution in [0.1, 0.15) is 22.3 Å². The highest BCUT2D eigenvalue weighted by Crippen LogP contribution is 2.43. The molecule has 0 saturated heterocycles. The number of benzene rings is 8. The molecule has 0 heterocycles. The Kier molecular flexibility index (Phi) is 7.50. The van der Waals surface area contributed by atoms with Gasteiger partial charge in [0.05, 0.1) is 0 Å². The van der Waals surface area contributed by atoms with E-state index < -0.39 is 0 Å². The first-order chi connectivity index (χ1) is 23.4. The van der Waals surface area contributed by atoms with E-state index in [1.807, 2.05) is 0 Å². The number of rotatable bonds is 5. The molecule has 0 bridgehead atoms. The van der Waals surface area contributed by atoms with Gasteiger partial charge < -0.3 is 0 Å². The van der Waals surface area contributed by atoms with Crippen LogP contribution in [0.3, 0.4) is 0 Å². The summed E-state index contributed by atoms with van der Waals surface area (Å²) in [6.07, 6.45) is 0. The van der Waals surface area contributed by atoms with E-state index in [-0.39, 0.29) is 0 Å². The van der Waals surface area contributed by atoms with Crippen LogP contribution in [0.2, 0.25) is 0 Å². The Balaban J connectivity index is 1.47. The molecule has 0 fully saturated rings. The van der Waals surface area contributed by atoms with E-state index in [9.17, 15) is 0 Å².